The fraction of sp³-hybridized carbons (Fsp3) is 0.278. The van der Waals surface area contributed by atoms with E-state index >= 15 is 0 Å². The molecule has 1 aromatic carbocycles. The molecule has 21 heavy (non-hydrogen) atoms. The molecule has 3 N–H and O–H groups in total. The number of allylic oxidation sites excluding steroid dienone is 3. The molecule has 0 amide bonds. The lowest BCUT2D eigenvalue weighted by Crippen LogP contribution is -2.39. The van der Waals surface area contributed by atoms with Crippen LogP contribution in [0.3, 0.4) is 0 Å². The summed E-state index contributed by atoms with van der Waals surface area (Å²) in [7, 11) is 0. The third-order valence-corrected chi connectivity index (χ3v) is 3.97. The van der Waals surface area contributed by atoms with Crippen LogP contribution in [0.25, 0.3) is 5.57 Å². The van der Waals surface area contributed by atoms with Crippen molar-refractivity contribution >= 4 is 11.5 Å². The topological polar surface area (TPSA) is 63.3 Å². The van der Waals surface area contributed by atoms with Crippen molar-refractivity contribution in [3.63, 3.8) is 0 Å². The predicted molar refractivity (Wildman–Crippen MR) is 86.0 cm³/mol. The van der Waals surface area contributed by atoms with Gasteiger partial charge < -0.3 is 10.8 Å². The van der Waals surface area contributed by atoms with Crippen molar-refractivity contribution in [2.24, 2.45) is 5.73 Å². The zero-order valence-electron chi connectivity index (χ0n) is 12.4. The second kappa shape index (κ2) is 6.10. The predicted octanol–water partition coefficient (Wildman–Crippen LogP) is 3.49. The normalized spacial score (nSPS) is 23.1. The summed E-state index contributed by atoms with van der Waals surface area (Å²) >= 11 is 0. The van der Waals surface area contributed by atoms with Gasteiger partial charge in [-0.25, -0.2) is 0 Å². The van der Waals surface area contributed by atoms with Gasteiger partial charge in [0.1, 0.15) is 0 Å². The van der Waals surface area contributed by atoms with Gasteiger partial charge in [0, 0.05) is 0 Å². The van der Waals surface area contributed by atoms with Crippen LogP contribution in [0.1, 0.15) is 37.3 Å². The Labute approximate surface area is 125 Å². The number of nitrogens with two attached hydrogens (primary N) is 1. The average Bonchev–Trinajstić information content (AvgIpc) is 2.48. The molecule has 2 unspecified atom stereocenters. The summed E-state index contributed by atoms with van der Waals surface area (Å²) in [6.07, 6.45) is 10.6. The second-order valence-corrected chi connectivity index (χ2v) is 5.38. The Kier molecular flexibility index (Phi) is 4.43. The summed E-state index contributed by atoms with van der Waals surface area (Å²) < 4.78 is 0. The van der Waals surface area contributed by atoms with Crippen LogP contribution in [-0.4, -0.2) is 16.6 Å². The zero-order chi connectivity index (χ0) is 15.5. The molecule has 0 aliphatic heterocycles. The number of carbonyl (C=O) groups is 1. The molecule has 1 aromatic rings. The summed E-state index contributed by atoms with van der Waals surface area (Å²) in [6, 6.07) is 7.60. The molecule has 1 aliphatic carbocycles. The summed E-state index contributed by atoms with van der Waals surface area (Å²) in [5.41, 5.74) is 8.63. The van der Waals surface area contributed by atoms with Gasteiger partial charge in [-0.2, -0.15) is 0 Å². The molecule has 0 fully saturated rings. The van der Waals surface area contributed by atoms with Crippen LogP contribution in [0.5, 0.6) is 0 Å². The Morgan fingerprint density at radius 3 is 2.67 bits per heavy atom. The molecular formula is C18H21NO2. The molecule has 3 nitrogen and oxygen atoms in total. The molecule has 0 saturated carbocycles. The largest absolute Gasteiger partial charge is 0.481 e. The zero-order valence-corrected chi connectivity index (χ0v) is 12.4. The minimum atomic E-state index is -0.831. The SMILES string of the molecule is CC=C(c1ccccc1C(C)C(=O)O)C1(N)C=CC=CC1. The highest BCUT2D eigenvalue weighted by atomic mass is 16.4. The second-order valence-electron chi connectivity index (χ2n) is 5.38. The van der Waals surface area contributed by atoms with Crippen molar-refractivity contribution < 1.29 is 9.90 Å². The van der Waals surface area contributed by atoms with Crippen molar-refractivity contribution in [1.82, 2.24) is 0 Å². The Balaban J connectivity index is 2.52. The highest BCUT2D eigenvalue weighted by Crippen LogP contribution is 2.35. The molecule has 0 heterocycles. The Morgan fingerprint density at radius 2 is 2.10 bits per heavy atom. The molecule has 1 aliphatic rings. The molecule has 0 bridgehead atoms. The molecule has 2 atom stereocenters. The van der Waals surface area contributed by atoms with Gasteiger partial charge in [0.05, 0.1) is 11.5 Å². The van der Waals surface area contributed by atoms with E-state index in [0.29, 0.717) is 6.42 Å². The van der Waals surface area contributed by atoms with E-state index in [2.05, 4.69) is 0 Å². The fourth-order valence-corrected chi connectivity index (χ4v) is 2.76. The average molecular weight is 283 g/mol. The van der Waals surface area contributed by atoms with Crippen LogP contribution in [0.2, 0.25) is 0 Å². The fourth-order valence-electron chi connectivity index (χ4n) is 2.76. The highest BCUT2D eigenvalue weighted by Gasteiger charge is 2.30. The molecule has 0 aromatic heterocycles. The van der Waals surface area contributed by atoms with Crippen LogP contribution in [0.4, 0.5) is 0 Å². The molecule has 0 radical (unpaired) electrons. The van der Waals surface area contributed by atoms with Crippen LogP contribution in [0.15, 0.2) is 54.6 Å². The Hall–Kier alpha value is -2.13. The first kappa shape index (κ1) is 15.3. The van der Waals surface area contributed by atoms with Crippen molar-refractivity contribution in [3.8, 4) is 0 Å². The monoisotopic (exact) mass is 283 g/mol. The van der Waals surface area contributed by atoms with Gasteiger partial charge in [-0.15, -0.1) is 0 Å². The highest BCUT2D eigenvalue weighted by molar-refractivity contribution is 5.83. The minimum absolute atomic E-state index is 0.567. The molecule has 3 heteroatoms. The number of hydrogen-bond donors (Lipinski definition) is 2. The lowest BCUT2D eigenvalue weighted by atomic mass is 9.78. The maximum Gasteiger partial charge on any atom is 0.310 e. The smallest absolute Gasteiger partial charge is 0.310 e. The van der Waals surface area contributed by atoms with E-state index < -0.39 is 17.4 Å². The molecule has 110 valence electrons. The lowest BCUT2D eigenvalue weighted by Gasteiger charge is -2.31. The van der Waals surface area contributed by atoms with Gasteiger partial charge in [-0.1, -0.05) is 54.6 Å². The Morgan fingerprint density at radius 1 is 1.38 bits per heavy atom. The van der Waals surface area contributed by atoms with Crippen molar-refractivity contribution in [2.45, 2.75) is 31.7 Å². The summed E-state index contributed by atoms with van der Waals surface area (Å²) in [5.74, 6) is -1.40. The third kappa shape index (κ3) is 2.98. The molecule has 0 spiro atoms. The number of benzene rings is 1. The van der Waals surface area contributed by atoms with Crippen molar-refractivity contribution in [3.05, 3.63) is 65.8 Å². The van der Waals surface area contributed by atoms with E-state index in [-0.39, 0.29) is 0 Å². The van der Waals surface area contributed by atoms with E-state index in [1.165, 1.54) is 0 Å². The van der Waals surface area contributed by atoms with Gasteiger partial charge in [0.15, 0.2) is 0 Å². The van der Waals surface area contributed by atoms with E-state index in [4.69, 9.17) is 5.73 Å². The maximum atomic E-state index is 11.3. The number of carboxylic acids is 1. The number of aliphatic carboxylic acids is 1. The first-order valence-corrected chi connectivity index (χ1v) is 7.11. The number of carboxylic acid groups (broad SMARTS) is 1. The quantitative estimate of drug-likeness (QED) is 0.889. The maximum absolute atomic E-state index is 11.3. The van der Waals surface area contributed by atoms with Crippen LogP contribution in [-0.2, 0) is 4.79 Å². The van der Waals surface area contributed by atoms with Gasteiger partial charge >= 0.3 is 5.97 Å². The van der Waals surface area contributed by atoms with E-state index in [9.17, 15) is 9.90 Å². The third-order valence-electron chi connectivity index (χ3n) is 3.97. The number of hydrogen-bond acceptors (Lipinski definition) is 2. The van der Waals surface area contributed by atoms with E-state index in [1.807, 2.05) is 61.6 Å². The molecule has 0 saturated heterocycles. The first-order chi connectivity index (χ1) is 9.99. The van der Waals surface area contributed by atoms with Crippen LogP contribution < -0.4 is 5.73 Å². The molecule has 2 rings (SSSR count). The van der Waals surface area contributed by atoms with Crippen LogP contribution in [0, 0.1) is 0 Å². The van der Waals surface area contributed by atoms with Gasteiger partial charge in [-0.3, -0.25) is 4.79 Å². The van der Waals surface area contributed by atoms with Gasteiger partial charge in [0.25, 0.3) is 0 Å². The van der Waals surface area contributed by atoms with E-state index in [0.717, 1.165) is 16.7 Å². The standard InChI is InChI=1S/C18H21NO2/c1-3-16(18(19)11-7-4-8-12-18)15-10-6-5-9-14(15)13(2)17(20)21/h3-11,13H,12,19H2,1-2H3,(H,20,21). The van der Waals surface area contributed by atoms with Gasteiger partial charge in [-0.05, 0) is 37.0 Å². The van der Waals surface area contributed by atoms with E-state index in [1.54, 1.807) is 6.92 Å². The summed E-state index contributed by atoms with van der Waals surface area (Å²) in [5, 5.41) is 9.31. The lowest BCUT2D eigenvalue weighted by molar-refractivity contribution is -0.138. The Bertz CT molecular complexity index is 628. The first-order valence-electron chi connectivity index (χ1n) is 7.11. The summed E-state index contributed by atoms with van der Waals surface area (Å²) in [4.78, 5) is 11.3. The van der Waals surface area contributed by atoms with Crippen molar-refractivity contribution in [2.75, 3.05) is 0 Å². The van der Waals surface area contributed by atoms with Crippen LogP contribution >= 0.6 is 0 Å². The molecular weight excluding hydrogens is 262 g/mol. The number of rotatable bonds is 4. The summed E-state index contributed by atoms with van der Waals surface area (Å²) in [6.45, 7) is 3.65. The minimum Gasteiger partial charge on any atom is -0.481 e. The van der Waals surface area contributed by atoms with Gasteiger partial charge in [0.2, 0.25) is 0 Å². The van der Waals surface area contributed by atoms with Crippen molar-refractivity contribution in [1.29, 1.82) is 0 Å².